The Morgan fingerprint density at radius 2 is 1.62 bits per heavy atom. The molecule has 2 aromatic rings. The molecule has 0 amide bonds. The summed E-state index contributed by atoms with van der Waals surface area (Å²) >= 11 is 0. The number of aryl methyl sites for hydroxylation is 1. The molecule has 9 heteroatoms. The largest absolute Gasteiger partial charge is 0.508 e. The highest BCUT2D eigenvalue weighted by Gasteiger charge is 2.33. The molecule has 0 atom stereocenters. The van der Waals surface area contributed by atoms with Crippen molar-refractivity contribution in [1.82, 2.24) is 0 Å². The maximum atomic E-state index is 11.1. The van der Waals surface area contributed by atoms with Gasteiger partial charge in [-0.05, 0) is 36.2 Å². The quantitative estimate of drug-likeness (QED) is 0.303. The number of benzene rings is 2. The van der Waals surface area contributed by atoms with E-state index in [1.807, 2.05) is 5.09 Å². The first-order chi connectivity index (χ1) is 11.1. The number of hydrogen-bond donors (Lipinski definition) is 7. The van der Waals surface area contributed by atoms with Crippen LogP contribution in [0.25, 0.3) is 0 Å². The summed E-state index contributed by atoms with van der Waals surface area (Å²) in [5.74, 6) is -2.96. The Bertz CT molecular complexity index is 755. The Kier molecular flexibility index (Phi) is 5.17. The van der Waals surface area contributed by atoms with Crippen LogP contribution in [0.3, 0.4) is 0 Å². The average molecular weight is 355 g/mol. The average Bonchev–Trinajstić information content (AvgIpc) is 2.45. The smallest absolute Gasteiger partial charge is 0.427 e. The molecule has 2 aromatic carbocycles. The minimum atomic E-state index is -4.70. The van der Waals surface area contributed by atoms with Gasteiger partial charge in [-0.25, -0.2) is 4.57 Å². The zero-order valence-electron chi connectivity index (χ0n) is 12.5. The van der Waals surface area contributed by atoms with Gasteiger partial charge in [0.25, 0.3) is 0 Å². The summed E-state index contributed by atoms with van der Waals surface area (Å²) in [6.45, 7) is 0. The molecule has 0 saturated heterocycles. The highest BCUT2D eigenvalue weighted by molar-refractivity contribution is 7.53. The van der Waals surface area contributed by atoms with Gasteiger partial charge in [0.2, 0.25) is 0 Å². The number of phenolic OH excluding ortho intramolecular Hbond substituents is 2. The zero-order valence-corrected chi connectivity index (χ0v) is 13.4. The molecule has 0 bridgehead atoms. The number of aliphatic hydroxyl groups is 2. The predicted octanol–water partition coefficient (Wildman–Crippen LogP) is 1.37. The topological polar surface area (TPSA) is 150 Å². The van der Waals surface area contributed by atoms with Crippen molar-refractivity contribution in [2.24, 2.45) is 0 Å². The first kappa shape index (κ1) is 18.3. The third-order valence-corrected chi connectivity index (χ3v) is 3.94. The molecule has 0 aromatic heterocycles. The van der Waals surface area contributed by atoms with Crippen molar-refractivity contribution in [3.05, 3.63) is 53.6 Å². The molecule has 130 valence electrons. The van der Waals surface area contributed by atoms with Crippen LogP contribution in [0.4, 0.5) is 5.69 Å². The minimum absolute atomic E-state index is 0.0758. The fourth-order valence-electron chi connectivity index (χ4n) is 2.32. The summed E-state index contributed by atoms with van der Waals surface area (Å²) < 4.78 is 11.1. The molecule has 24 heavy (non-hydrogen) atoms. The van der Waals surface area contributed by atoms with Crippen LogP contribution in [0, 0.1) is 0 Å². The highest BCUT2D eigenvalue weighted by Crippen LogP contribution is 2.43. The van der Waals surface area contributed by atoms with Gasteiger partial charge in [0.15, 0.2) is 5.79 Å². The van der Waals surface area contributed by atoms with Gasteiger partial charge >= 0.3 is 7.75 Å². The van der Waals surface area contributed by atoms with Crippen molar-refractivity contribution in [3.8, 4) is 11.5 Å². The van der Waals surface area contributed by atoms with Gasteiger partial charge in [-0.2, -0.15) is 0 Å². The van der Waals surface area contributed by atoms with Crippen LogP contribution in [0.5, 0.6) is 11.5 Å². The van der Waals surface area contributed by atoms with E-state index in [2.05, 4.69) is 0 Å². The van der Waals surface area contributed by atoms with Gasteiger partial charge in [0.1, 0.15) is 11.5 Å². The number of aromatic hydroxyl groups is 2. The third kappa shape index (κ3) is 4.70. The number of nitrogens with one attached hydrogen (secondary N) is 1. The number of hydrogen-bond acceptors (Lipinski definition) is 5. The SMILES string of the molecule is O=P(O)(O)Nc1cccc(O)c1C(O)(O)CCc1ccc(O)cc1. The van der Waals surface area contributed by atoms with Crippen molar-refractivity contribution >= 4 is 13.4 Å². The molecule has 0 fully saturated rings. The Balaban J connectivity index is 2.27. The molecule has 0 spiro atoms. The van der Waals surface area contributed by atoms with Gasteiger partial charge in [0.05, 0.1) is 11.3 Å². The number of phenols is 2. The molecule has 0 saturated carbocycles. The van der Waals surface area contributed by atoms with E-state index in [0.29, 0.717) is 5.56 Å². The van der Waals surface area contributed by atoms with Crippen LogP contribution < -0.4 is 5.09 Å². The molecule has 0 aliphatic rings. The zero-order chi connectivity index (χ0) is 18.0. The molecule has 7 N–H and O–H groups in total. The van der Waals surface area contributed by atoms with Crippen LogP contribution in [0.1, 0.15) is 17.5 Å². The Morgan fingerprint density at radius 3 is 2.21 bits per heavy atom. The van der Waals surface area contributed by atoms with E-state index in [4.69, 9.17) is 9.79 Å². The van der Waals surface area contributed by atoms with Gasteiger partial charge in [-0.3, -0.25) is 5.09 Å². The maximum Gasteiger partial charge on any atom is 0.427 e. The normalized spacial score (nSPS) is 12.2. The molecule has 0 unspecified atom stereocenters. The van der Waals surface area contributed by atoms with Crippen molar-refractivity contribution in [1.29, 1.82) is 0 Å². The molecule has 8 nitrogen and oxygen atoms in total. The van der Waals surface area contributed by atoms with Gasteiger partial charge < -0.3 is 30.2 Å². The van der Waals surface area contributed by atoms with E-state index in [1.54, 1.807) is 12.1 Å². The lowest BCUT2D eigenvalue weighted by molar-refractivity contribution is -0.174. The number of anilines is 1. The molecular weight excluding hydrogens is 337 g/mol. The van der Waals surface area contributed by atoms with Crippen molar-refractivity contribution < 1.29 is 34.8 Å². The maximum absolute atomic E-state index is 11.1. The van der Waals surface area contributed by atoms with Crippen molar-refractivity contribution in [2.45, 2.75) is 18.6 Å². The Morgan fingerprint density at radius 1 is 1.00 bits per heavy atom. The summed E-state index contributed by atoms with van der Waals surface area (Å²) in [4.78, 5) is 18.0. The monoisotopic (exact) mass is 355 g/mol. The molecule has 2 rings (SSSR count). The number of rotatable bonds is 6. The second-order valence-corrected chi connectivity index (χ2v) is 6.65. The van der Waals surface area contributed by atoms with E-state index in [0.717, 1.165) is 0 Å². The Labute approximate surface area is 137 Å². The van der Waals surface area contributed by atoms with Gasteiger partial charge in [-0.15, -0.1) is 0 Å². The molecular formula is C15H18NO7P. The summed E-state index contributed by atoms with van der Waals surface area (Å²) in [6, 6.07) is 9.82. The predicted molar refractivity (Wildman–Crippen MR) is 86.3 cm³/mol. The van der Waals surface area contributed by atoms with Crippen LogP contribution in [0.2, 0.25) is 0 Å². The van der Waals surface area contributed by atoms with E-state index in [9.17, 15) is 25.0 Å². The molecule has 0 aliphatic heterocycles. The first-order valence-corrected chi connectivity index (χ1v) is 8.59. The van der Waals surface area contributed by atoms with Crippen LogP contribution >= 0.6 is 7.75 Å². The van der Waals surface area contributed by atoms with E-state index >= 15 is 0 Å². The molecule has 0 heterocycles. The summed E-state index contributed by atoms with van der Waals surface area (Å²) in [5.41, 5.74) is 0.00587. The Hall–Kier alpha value is -2.09. The first-order valence-electron chi connectivity index (χ1n) is 6.97. The minimum Gasteiger partial charge on any atom is -0.508 e. The van der Waals surface area contributed by atoms with E-state index in [1.165, 1.54) is 30.3 Å². The highest BCUT2D eigenvalue weighted by atomic mass is 31.2. The second-order valence-electron chi connectivity index (χ2n) is 5.34. The fraction of sp³-hybridized carbons (Fsp3) is 0.200. The van der Waals surface area contributed by atoms with Crippen LogP contribution in [-0.4, -0.2) is 30.2 Å². The third-order valence-electron chi connectivity index (χ3n) is 3.41. The lowest BCUT2D eigenvalue weighted by atomic mass is 9.96. The summed E-state index contributed by atoms with van der Waals surface area (Å²) in [7, 11) is -4.70. The van der Waals surface area contributed by atoms with E-state index in [-0.39, 0.29) is 24.3 Å². The van der Waals surface area contributed by atoms with Gasteiger partial charge in [0, 0.05) is 6.42 Å². The lowest BCUT2D eigenvalue weighted by Gasteiger charge is -2.26. The van der Waals surface area contributed by atoms with Crippen molar-refractivity contribution in [3.63, 3.8) is 0 Å². The summed E-state index contributed by atoms with van der Waals surface area (Å²) in [6.07, 6.45) is -0.0534. The lowest BCUT2D eigenvalue weighted by Crippen LogP contribution is -2.27. The fourth-order valence-corrected chi connectivity index (χ4v) is 2.82. The molecule has 0 radical (unpaired) electrons. The molecule has 0 aliphatic carbocycles. The van der Waals surface area contributed by atoms with Crippen LogP contribution in [0.15, 0.2) is 42.5 Å². The van der Waals surface area contributed by atoms with Gasteiger partial charge in [-0.1, -0.05) is 18.2 Å². The standard InChI is InChI=1S/C15H18NO7P/c17-11-6-4-10(5-7-11)8-9-15(19,20)14-12(16-24(21,22)23)2-1-3-13(14)18/h1-7,17-20H,8-9H2,(H3,16,21,22,23). The van der Waals surface area contributed by atoms with E-state index < -0.39 is 24.8 Å². The van der Waals surface area contributed by atoms with Crippen LogP contribution in [-0.2, 0) is 16.8 Å². The summed E-state index contributed by atoms with van der Waals surface area (Å²) in [5, 5.41) is 41.6. The second kappa shape index (κ2) is 6.80. The van der Waals surface area contributed by atoms with Crippen molar-refractivity contribution in [2.75, 3.05) is 5.09 Å².